The Morgan fingerprint density at radius 3 is 2.78 bits per heavy atom. The first-order chi connectivity index (χ1) is 8.54. The predicted molar refractivity (Wildman–Crippen MR) is 70.0 cm³/mol. The number of rotatable bonds is 7. The second kappa shape index (κ2) is 6.75. The Morgan fingerprint density at radius 2 is 2.17 bits per heavy atom. The van der Waals surface area contributed by atoms with Crippen LogP contribution in [0.4, 0.5) is 5.69 Å². The molecule has 6 nitrogen and oxygen atoms in total. The van der Waals surface area contributed by atoms with Crippen LogP contribution in [0.15, 0.2) is 23.4 Å². The smallest absolute Gasteiger partial charge is 0.304 e. The van der Waals surface area contributed by atoms with Crippen molar-refractivity contribution in [1.82, 2.24) is 0 Å². The number of carbonyl (C=O) groups is 1. The third-order valence-corrected chi connectivity index (χ3v) is 3.10. The zero-order valence-electron chi connectivity index (χ0n) is 9.42. The van der Waals surface area contributed by atoms with E-state index < -0.39 is 5.97 Å². The van der Waals surface area contributed by atoms with Crippen LogP contribution in [0.25, 0.3) is 0 Å². The van der Waals surface area contributed by atoms with Crippen LogP contribution >= 0.6 is 11.8 Å². The highest BCUT2D eigenvalue weighted by Gasteiger charge is 2.10. The molecule has 0 aliphatic rings. The molecule has 0 amide bonds. The monoisotopic (exact) mass is 268 g/mol. The fraction of sp³-hybridized carbons (Fsp3) is 0.273. The Morgan fingerprint density at radius 1 is 1.44 bits per heavy atom. The molecule has 7 heteroatoms. The van der Waals surface area contributed by atoms with Gasteiger partial charge in [0.05, 0.1) is 12.1 Å². The summed E-state index contributed by atoms with van der Waals surface area (Å²) in [7, 11) is 0. The van der Waals surface area contributed by atoms with E-state index in [9.17, 15) is 14.8 Å². The van der Waals surface area contributed by atoms with Crippen molar-refractivity contribution in [2.24, 2.45) is 5.18 Å². The van der Waals surface area contributed by atoms with E-state index in [1.807, 2.05) is 0 Å². The molecule has 1 aromatic carbocycles. The maximum atomic E-state index is 10.6. The summed E-state index contributed by atoms with van der Waals surface area (Å²) in [5.41, 5.74) is 0.546. The number of carboxylic acids is 1. The minimum absolute atomic E-state index is 0.0128. The van der Waals surface area contributed by atoms with Crippen molar-refractivity contribution in [3.63, 3.8) is 0 Å². The average Bonchev–Trinajstić information content (AvgIpc) is 2.33. The van der Waals surface area contributed by atoms with Crippen molar-refractivity contribution in [2.75, 3.05) is 11.5 Å². The number of hydrogen-bond acceptors (Lipinski definition) is 6. The zero-order chi connectivity index (χ0) is 13.5. The molecule has 0 bridgehead atoms. The fourth-order valence-electron chi connectivity index (χ4n) is 1.26. The second-order valence-corrected chi connectivity index (χ2v) is 4.57. The lowest BCUT2D eigenvalue weighted by Crippen LogP contribution is -2.05. The highest BCUT2D eigenvalue weighted by Crippen LogP contribution is 2.25. The molecule has 0 aromatic heterocycles. The van der Waals surface area contributed by atoms with E-state index in [4.69, 9.17) is 10.5 Å². The van der Waals surface area contributed by atoms with Crippen LogP contribution in [0.5, 0.6) is 5.75 Å². The molecule has 0 atom stereocenters. The van der Waals surface area contributed by atoms with E-state index in [-0.39, 0.29) is 23.6 Å². The molecule has 18 heavy (non-hydrogen) atoms. The number of carboxylic acid groups (broad SMARTS) is 1. The predicted octanol–water partition coefficient (Wildman–Crippen LogP) is 2.37. The van der Waals surface area contributed by atoms with Gasteiger partial charge in [0, 0.05) is 23.1 Å². The van der Waals surface area contributed by atoms with Crippen LogP contribution < -0.4 is 0 Å². The number of phenols is 1. The van der Waals surface area contributed by atoms with Crippen LogP contribution in [0.3, 0.4) is 0 Å². The molecule has 0 saturated carbocycles. The number of benzene rings is 1. The highest BCUT2D eigenvalue weighted by molar-refractivity contribution is 8.00. The van der Waals surface area contributed by atoms with Crippen molar-refractivity contribution in [1.29, 1.82) is 5.41 Å². The number of thioether (sulfide) groups is 1. The summed E-state index contributed by atoms with van der Waals surface area (Å²) >= 11 is 1.30. The molecule has 0 unspecified atom stereocenters. The number of nitroso groups, excluding NO2 is 1. The molecule has 3 N–H and O–H groups in total. The molecule has 1 aromatic rings. The molecular weight excluding hydrogens is 256 g/mol. The van der Waals surface area contributed by atoms with E-state index in [1.54, 1.807) is 0 Å². The Hall–Kier alpha value is -1.89. The third-order valence-electron chi connectivity index (χ3n) is 2.11. The lowest BCUT2D eigenvalue weighted by Gasteiger charge is -2.06. The van der Waals surface area contributed by atoms with Gasteiger partial charge in [0.15, 0.2) is 0 Å². The quantitative estimate of drug-likeness (QED) is 0.399. The van der Waals surface area contributed by atoms with Gasteiger partial charge in [-0.3, -0.25) is 4.79 Å². The van der Waals surface area contributed by atoms with Gasteiger partial charge in [0.1, 0.15) is 11.4 Å². The van der Waals surface area contributed by atoms with Gasteiger partial charge in [0.2, 0.25) is 0 Å². The van der Waals surface area contributed by atoms with Gasteiger partial charge < -0.3 is 15.6 Å². The first kappa shape index (κ1) is 14.2. The molecular formula is C11H12N2O4S. The standard InChI is InChI=1S/C11H12N2O4S/c12-9(6-18-4-3-11(15)16)8-2-1-7(14)5-10(8)13-17/h1-2,5,12,14H,3-4,6H2,(H,15,16). The highest BCUT2D eigenvalue weighted by atomic mass is 32.2. The fourth-order valence-corrected chi connectivity index (χ4v) is 2.09. The summed E-state index contributed by atoms with van der Waals surface area (Å²) in [4.78, 5) is 20.9. The SMILES string of the molecule is N=C(CSCCC(=O)O)c1ccc(O)cc1N=O. The summed E-state index contributed by atoms with van der Waals surface area (Å²) in [5.74, 6) is -0.270. The molecule has 96 valence electrons. The maximum absolute atomic E-state index is 10.6. The normalized spacial score (nSPS) is 10.0. The molecule has 0 radical (unpaired) electrons. The molecule has 0 heterocycles. The number of hydrogen-bond donors (Lipinski definition) is 3. The van der Waals surface area contributed by atoms with Gasteiger partial charge in [-0.1, -0.05) is 0 Å². The van der Waals surface area contributed by atoms with E-state index in [0.29, 0.717) is 17.1 Å². The van der Waals surface area contributed by atoms with Crippen LogP contribution in [0.1, 0.15) is 12.0 Å². The Bertz CT molecular complexity index is 476. The van der Waals surface area contributed by atoms with E-state index in [0.717, 1.165) is 0 Å². The largest absolute Gasteiger partial charge is 0.508 e. The van der Waals surface area contributed by atoms with Crippen LogP contribution in [-0.4, -0.2) is 33.4 Å². The van der Waals surface area contributed by atoms with Gasteiger partial charge in [-0.25, -0.2) is 0 Å². The number of nitrogens with zero attached hydrogens (tertiary/aromatic N) is 1. The van der Waals surface area contributed by atoms with Gasteiger partial charge >= 0.3 is 5.97 Å². The minimum Gasteiger partial charge on any atom is -0.508 e. The maximum Gasteiger partial charge on any atom is 0.304 e. The van der Waals surface area contributed by atoms with E-state index in [1.165, 1.54) is 30.0 Å². The van der Waals surface area contributed by atoms with Crippen molar-refractivity contribution >= 4 is 29.1 Å². The Kier molecular flexibility index (Phi) is 5.31. The molecule has 0 aliphatic carbocycles. The third kappa shape index (κ3) is 4.17. The lowest BCUT2D eigenvalue weighted by molar-refractivity contribution is -0.136. The van der Waals surface area contributed by atoms with Crippen molar-refractivity contribution in [3.05, 3.63) is 28.7 Å². The zero-order valence-corrected chi connectivity index (χ0v) is 10.2. The van der Waals surface area contributed by atoms with E-state index >= 15 is 0 Å². The molecule has 0 fully saturated rings. The van der Waals surface area contributed by atoms with Crippen LogP contribution in [0.2, 0.25) is 0 Å². The molecule has 0 aliphatic heterocycles. The topological polar surface area (TPSA) is 111 Å². The van der Waals surface area contributed by atoms with Crippen molar-refractivity contribution in [3.8, 4) is 5.75 Å². The minimum atomic E-state index is -0.881. The van der Waals surface area contributed by atoms with Crippen molar-refractivity contribution < 1.29 is 15.0 Å². The van der Waals surface area contributed by atoms with Gasteiger partial charge in [-0.15, -0.1) is 4.91 Å². The summed E-state index contributed by atoms with van der Waals surface area (Å²) in [6, 6.07) is 4.02. The number of aliphatic carboxylic acids is 1. The van der Waals surface area contributed by atoms with Gasteiger partial charge in [-0.2, -0.15) is 11.8 Å². The molecule has 0 spiro atoms. The van der Waals surface area contributed by atoms with Gasteiger partial charge in [-0.05, 0) is 17.3 Å². The first-order valence-corrected chi connectivity index (χ1v) is 6.23. The molecule has 1 rings (SSSR count). The number of phenolic OH excluding ortho intramolecular Hbond substituents is 1. The Balaban J connectivity index is 2.61. The summed E-state index contributed by atoms with van der Waals surface area (Å²) in [5, 5.41) is 28.2. The Labute approximate surface area is 108 Å². The second-order valence-electron chi connectivity index (χ2n) is 3.47. The van der Waals surface area contributed by atoms with Crippen molar-refractivity contribution in [2.45, 2.75) is 6.42 Å². The number of aromatic hydroxyl groups is 1. The lowest BCUT2D eigenvalue weighted by atomic mass is 10.1. The number of nitrogens with one attached hydrogen (secondary N) is 1. The summed E-state index contributed by atoms with van der Waals surface area (Å²) in [6.45, 7) is 0. The summed E-state index contributed by atoms with van der Waals surface area (Å²) in [6.07, 6.45) is 0.0340. The summed E-state index contributed by atoms with van der Waals surface area (Å²) < 4.78 is 0. The van der Waals surface area contributed by atoms with E-state index in [2.05, 4.69) is 5.18 Å². The van der Waals surface area contributed by atoms with Crippen LogP contribution in [-0.2, 0) is 4.79 Å². The van der Waals surface area contributed by atoms with Gasteiger partial charge in [0.25, 0.3) is 0 Å². The first-order valence-electron chi connectivity index (χ1n) is 5.08. The molecule has 0 saturated heterocycles. The average molecular weight is 268 g/mol. The van der Waals surface area contributed by atoms with Crippen LogP contribution in [0, 0.1) is 10.3 Å².